The van der Waals surface area contributed by atoms with E-state index in [1.807, 2.05) is 6.92 Å². The van der Waals surface area contributed by atoms with Crippen LogP contribution in [0.1, 0.15) is 50.2 Å². The van der Waals surface area contributed by atoms with Gasteiger partial charge in [0.05, 0.1) is 10.6 Å². The highest BCUT2D eigenvalue weighted by molar-refractivity contribution is 7.89. The molecule has 1 N–H and O–H groups in total. The lowest BCUT2D eigenvalue weighted by Crippen LogP contribution is -2.36. The minimum Gasteiger partial charge on any atom is -0.435 e. The van der Waals surface area contributed by atoms with E-state index in [2.05, 4.69) is 5.32 Å². The van der Waals surface area contributed by atoms with E-state index in [0.717, 1.165) is 29.1 Å². The Morgan fingerprint density at radius 3 is 2.44 bits per heavy atom. The summed E-state index contributed by atoms with van der Waals surface area (Å²) in [6.45, 7) is 3.28. The highest BCUT2D eigenvalue weighted by Gasteiger charge is 2.54. The van der Waals surface area contributed by atoms with Crippen LogP contribution in [0.15, 0.2) is 59.1 Å². The molecule has 1 aliphatic carbocycles. The summed E-state index contributed by atoms with van der Waals surface area (Å²) in [6, 6.07) is 13.4. The number of ether oxygens (including phenoxy) is 1. The average molecular weight is 455 g/mol. The molecule has 1 aliphatic heterocycles. The van der Waals surface area contributed by atoms with Gasteiger partial charge in [-0.15, -0.1) is 0 Å². The van der Waals surface area contributed by atoms with Crippen LogP contribution < -0.4 is 5.32 Å². The Balaban J connectivity index is 1.83. The standard InChI is InChI=1S/C24H26N2O5S/c1-17-9-11-21(12-10-17)32(29,30)26-22(24(31-23(26)28)13-4-3-5-14-24)16-19-7-6-8-20(15-19)25-18(2)27/h6-12,15-16H,3-5,13-14H2,1-2H3,(H,25,27)/b22-16+. The van der Waals surface area contributed by atoms with Crippen molar-refractivity contribution in [3.05, 3.63) is 65.4 Å². The van der Waals surface area contributed by atoms with Gasteiger partial charge in [-0.1, -0.05) is 36.2 Å². The predicted octanol–water partition coefficient (Wildman–Crippen LogP) is 4.84. The van der Waals surface area contributed by atoms with Crippen molar-refractivity contribution in [3.8, 4) is 0 Å². The number of aryl methyl sites for hydroxylation is 1. The van der Waals surface area contributed by atoms with Gasteiger partial charge in [0.25, 0.3) is 10.0 Å². The minimum atomic E-state index is -4.16. The molecule has 1 saturated heterocycles. The Morgan fingerprint density at radius 1 is 1.09 bits per heavy atom. The zero-order valence-electron chi connectivity index (χ0n) is 18.1. The molecule has 0 aromatic heterocycles. The second-order valence-electron chi connectivity index (χ2n) is 8.34. The number of hydrogen-bond donors (Lipinski definition) is 1. The van der Waals surface area contributed by atoms with Crippen LogP contribution in [0.3, 0.4) is 0 Å². The molecule has 0 radical (unpaired) electrons. The molecule has 1 spiro atoms. The molecule has 2 amide bonds. The molecular weight excluding hydrogens is 428 g/mol. The number of rotatable bonds is 4. The maximum atomic E-state index is 13.5. The molecule has 1 saturated carbocycles. The summed E-state index contributed by atoms with van der Waals surface area (Å²) in [5.41, 5.74) is 1.52. The van der Waals surface area contributed by atoms with Crippen LogP contribution in [0, 0.1) is 6.92 Å². The fraction of sp³-hybridized carbons (Fsp3) is 0.333. The van der Waals surface area contributed by atoms with Crippen LogP contribution in [0.5, 0.6) is 0 Å². The minimum absolute atomic E-state index is 0.0332. The van der Waals surface area contributed by atoms with Gasteiger partial charge in [0.2, 0.25) is 5.91 Å². The molecule has 7 nitrogen and oxygen atoms in total. The SMILES string of the molecule is CC(=O)Nc1cccc(/C=C2/N(S(=O)(=O)c3ccc(C)cc3)C(=O)OC23CCCCC3)c1. The van der Waals surface area contributed by atoms with Crippen LogP contribution in [0.4, 0.5) is 10.5 Å². The summed E-state index contributed by atoms with van der Waals surface area (Å²) in [5.74, 6) is -0.207. The van der Waals surface area contributed by atoms with Crippen molar-refractivity contribution in [2.75, 3.05) is 5.32 Å². The van der Waals surface area contributed by atoms with E-state index in [0.29, 0.717) is 29.8 Å². The van der Waals surface area contributed by atoms with Gasteiger partial charge >= 0.3 is 6.09 Å². The molecule has 0 atom stereocenters. The van der Waals surface area contributed by atoms with Crippen molar-refractivity contribution in [3.63, 3.8) is 0 Å². The van der Waals surface area contributed by atoms with Gasteiger partial charge in [-0.25, -0.2) is 13.2 Å². The smallest absolute Gasteiger partial charge is 0.429 e. The largest absolute Gasteiger partial charge is 0.435 e. The molecule has 0 bridgehead atoms. The van der Waals surface area contributed by atoms with Crippen LogP contribution in [-0.2, 0) is 19.6 Å². The van der Waals surface area contributed by atoms with Crippen molar-refractivity contribution in [2.45, 2.75) is 56.4 Å². The summed E-state index contributed by atoms with van der Waals surface area (Å²) in [6.07, 6.45) is 4.63. The summed E-state index contributed by atoms with van der Waals surface area (Å²) in [7, 11) is -4.16. The van der Waals surface area contributed by atoms with Crippen molar-refractivity contribution in [1.82, 2.24) is 4.31 Å². The second-order valence-corrected chi connectivity index (χ2v) is 10.1. The van der Waals surface area contributed by atoms with Crippen LogP contribution >= 0.6 is 0 Å². The monoisotopic (exact) mass is 454 g/mol. The highest BCUT2D eigenvalue weighted by atomic mass is 32.2. The second kappa shape index (κ2) is 8.43. The summed E-state index contributed by atoms with van der Waals surface area (Å²) in [5, 5.41) is 2.72. The van der Waals surface area contributed by atoms with E-state index in [4.69, 9.17) is 4.74 Å². The zero-order chi connectivity index (χ0) is 22.9. The maximum absolute atomic E-state index is 13.5. The Hall–Kier alpha value is -3.13. The number of sulfonamides is 1. The van der Waals surface area contributed by atoms with E-state index in [1.165, 1.54) is 19.1 Å². The molecule has 32 heavy (non-hydrogen) atoms. The number of amides is 2. The Morgan fingerprint density at radius 2 is 1.78 bits per heavy atom. The van der Waals surface area contributed by atoms with Gasteiger partial charge in [0.1, 0.15) is 0 Å². The lowest BCUT2D eigenvalue weighted by atomic mass is 9.82. The Labute approximate surface area is 188 Å². The molecule has 4 rings (SSSR count). The predicted molar refractivity (Wildman–Crippen MR) is 121 cm³/mol. The Bertz CT molecular complexity index is 1180. The summed E-state index contributed by atoms with van der Waals surface area (Å²) < 4.78 is 33.6. The molecule has 2 aromatic rings. The van der Waals surface area contributed by atoms with Crippen LogP contribution in [0.25, 0.3) is 6.08 Å². The lowest BCUT2D eigenvalue weighted by Gasteiger charge is -2.32. The number of carbonyl (C=O) groups excluding carboxylic acids is 2. The molecule has 168 valence electrons. The van der Waals surface area contributed by atoms with Gasteiger partial charge in [-0.3, -0.25) is 4.79 Å². The highest BCUT2D eigenvalue weighted by Crippen LogP contribution is 2.47. The molecule has 0 unspecified atom stereocenters. The first-order valence-electron chi connectivity index (χ1n) is 10.7. The maximum Gasteiger partial charge on any atom is 0.429 e. The number of hydrogen-bond acceptors (Lipinski definition) is 5. The van der Waals surface area contributed by atoms with E-state index < -0.39 is 21.7 Å². The van der Waals surface area contributed by atoms with E-state index in [9.17, 15) is 18.0 Å². The third-order valence-corrected chi connectivity index (χ3v) is 7.56. The van der Waals surface area contributed by atoms with E-state index in [1.54, 1.807) is 42.5 Å². The van der Waals surface area contributed by atoms with Gasteiger partial charge in [0, 0.05) is 12.6 Å². The average Bonchev–Trinajstić information content (AvgIpc) is 2.99. The van der Waals surface area contributed by atoms with Gasteiger partial charge in [0.15, 0.2) is 5.60 Å². The fourth-order valence-electron chi connectivity index (χ4n) is 4.33. The third-order valence-electron chi connectivity index (χ3n) is 5.86. The first-order valence-corrected chi connectivity index (χ1v) is 12.1. The van der Waals surface area contributed by atoms with Crippen molar-refractivity contribution in [2.24, 2.45) is 0 Å². The van der Waals surface area contributed by atoms with Crippen LogP contribution in [0.2, 0.25) is 0 Å². The third kappa shape index (κ3) is 4.14. The fourth-order valence-corrected chi connectivity index (χ4v) is 5.73. The van der Waals surface area contributed by atoms with Gasteiger partial charge in [-0.2, -0.15) is 4.31 Å². The number of benzene rings is 2. The van der Waals surface area contributed by atoms with Gasteiger partial charge in [-0.05, 0) is 68.5 Å². The quantitative estimate of drug-likeness (QED) is 0.714. The normalized spacial score (nSPS) is 19.2. The first kappa shape index (κ1) is 22.1. The number of carbonyl (C=O) groups is 2. The molecule has 2 fully saturated rings. The summed E-state index contributed by atoms with van der Waals surface area (Å²) in [4.78, 5) is 24.4. The summed E-state index contributed by atoms with van der Waals surface area (Å²) >= 11 is 0. The molecule has 2 aliphatic rings. The van der Waals surface area contributed by atoms with E-state index >= 15 is 0 Å². The van der Waals surface area contributed by atoms with E-state index in [-0.39, 0.29) is 10.8 Å². The number of anilines is 1. The molecule has 1 heterocycles. The molecule has 2 aromatic carbocycles. The Kier molecular flexibility index (Phi) is 5.81. The van der Waals surface area contributed by atoms with Crippen molar-refractivity contribution < 1.29 is 22.7 Å². The lowest BCUT2D eigenvalue weighted by molar-refractivity contribution is -0.114. The van der Waals surface area contributed by atoms with Crippen LogP contribution in [-0.4, -0.2) is 30.3 Å². The van der Waals surface area contributed by atoms with Gasteiger partial charge < -0.3 is 10.1 Å². The number of nitrogens with zero attached hydrogens (tertiary/aromatic N) is 1. The molecular formula is C24H26N2O5S. The number of nitrogens with one attached hydrogen (secondary N) is 1. The van der Waals surface area contributed by atoms with Crippen molar-refractivity contribution >= 4 is 33.8 Å². The molecule has 8 heteroatoms. The topological polar surface area (TPSA) is 92.8 Å². The first-order chi connectivity index (χ1) is 15.2. The van der Waals surface area contributed by atoms with Crippen molar-refractivity contribution in [1.29, 1.82) is 0 Å². The zero-order valence-corrected chi connectivity index (χ0v) is 18.9.